The number of ketones is 1. The number of Topliss-reactive ketones (excluding diaryl/α,β-unsaturated/α-hetero) is 1. The van der Waals surface area contributed by atoms with E-state index in [0.29, 0.717) is 24.0 Å². The summed E-state index contributed by atoms with van der Waals surface area (Å²) in [5, 5.41) is 11.9. The number of hydrogen-bond donors (Lipinski definition) is 3. The Balaban J connectivity index is 1.38. The van der Waals surface area contributed by atoms with E-state index in [1.807, 2.05) is 13.0 Å². The molecular formula is C29H26F2N6O4. The van der Waals surface area contributed by atoms with Gasteiger partial charge in [-0.2, -0.15) is 5.10 Å². The van der Waals surface area contributed by atoms with Gasteiger partial charge in [0.25, 0.3) is 11.8 Å². The quantitative estimate of drug-likeness (QED) is 0.294. The number of hydrogen-bond acceptors (Lipinski definition) is 6. The molecule has 3 amide bonds. The number of amides is 3. The minimum absolute atomic E-state index is 0.0314. The first-order valence-corrected chi connectivity index (χ1v) is 12.9. The number of benzene rings is 2. The molecule has 0 unspecified atom stereocenters. The van der Waals surface area contributed by atoms with Crippen molar-refractivity contribution in [3.63, 3.8) is 0 Å². The van der Waals surface area contributed by atoms with Gasteiger partial charge in [-0.25, -0.2) is 18.3 Å². The van der Waals surface area contributed by atoms with Crippen molar-refractivity contribution in [1.82, 2.24) is 25.2 Å². The highest BCUT2D eigenvalue weighted by Crippen LogP contribution is 2.35. The Hall–Kier alpha value is -5.00. The molecule has 0 spiro atoms. The SMILES string of the molecule is CC(=O)Nc1cc(CNC(=O)c2cc(C(=O)N[C@H]3CCc4c3ccc(C(C)=O)c4C)n3ncc(F)c3n2)ccc1F. The van der Waals surface area contributed by atoms with Gasteiger partial charge < -0.3 is 16.0 Å². The maximum atomic E-state index is 14.5. The van der Waals surface area contributed by atoms with Gasteiger partial charge in [-0.1, -0.05) is 18.2 Å². The van der Waals surface area contributed by atoms with E-state index in [4.69, 9.17) is 0 Å². The van der Waals surface area contributed by atoms with Gasteiger partial charge in [0.2, 0.25) is 5.91 Å². The van der Waals surface area contributed by atoms with Crippen LogP contribution in [0.25, 0.3) is 5.65 Å². The predicted octanol–water partition coefficient (Wildman–Crippen LogP) is 3.82. The number of nitrogens with zero attached hydrogens (tertiary/aromatic N) is 3. The molecule has 0 aliphatic heterocycles. The molecule has 0 saturated carbocycles. The summed E-state index contributed by atoms with van der Waals surface area (Å²) in [5.41, 5.74) is 3.27. The van der Waals surface area contributed by atoms with Gasteiger partial charge in [-0.3, -0.25) is 19.2 Å². The third-order valence-corrected chi connectivity index (χ3v) is 7.07. The minimum atomic E-state index is -0.814. The molecule has 1 aliphatic rings. The Morgan fingerprint density at radius 2 is 1.80 bits per heavy atom. The highest BCUT2D eigenvalue weighted by Gasteiger charge is 2.29. The van der Waals surface area contributed by atoms with Crippen LogP contribution in [0, 0.1) is 18.6 Å². The van der Waals surface area contributed by atoms with Crippen LogP contribution in [0.1, 0.15) is 79.9 Å². The second-order valence-electron chi connectivity index (χ2n) is 9.86. The van der Waals surface area contributed by atoms with E-state index < -0.39 is 29.4 Å². The van der Waals surface area contributed by atoms with Crippen molar-refractivity contribution in [2.24, 2.45) is 0 Å². The van der Waals surface area contributed by atoms with Crippen molar-refractivity contribution in [1.29, 1.82) is 0 Å². The molecule has 2 aromatic heterocycles. The first-order chi connectivity index (χ1) is 19.5. The predicted molar refractivity (Wildman–Crippen MR) is 145 cm³/mol. The van der Waals surface area contributed by atoms with E-state index >= 15 is 0 Å². The Morgan fingerprint density at radius 1 is 1.02 bits per heavy atom. The summed E-state index contributed by atoms with van der Waals surface area (Å²) >= 11 is 0. The largest absolute Gasteiger partial charge is 0.347 e. The molecule has 10 nitrogen and oxygen atoms in total. The van der Waals surface area contributed by atoms with Crippen molar-refractivity contribution in [2.75, 3.05) is 5.32 Å². The van der Waals surface area contributed by atoms with E-state index in [1.54, 1.807) is 6.07 Å². The van der Waals surface area contributed by atoms with Crippen molar-refractivity contribution in [3.05, 3.63) is 93.4 Å². The fraction of sp³-hybridized carbons (Fsp3) is 0.241. The van der Waals surface area contributed by atoms with Gasteiger partial charge >= 0.3 is 0 Å². The van der Waals surface area contributed by atoms with Crippen LogP contribution < -0.4 is 16.0 Å². The molecule has 4 aromatic rings. The Kier molecular flexibility index (Phi) is 7.31. The van der Waals surface area contributed by atoms with Gasteiger partial charge in [0.05, 0.1) is 17.9 Å². The van der Waals surface area contributed by atoms with Crippen LogP contribution in [0.2, 0.25) is 0 Å². The van der Waals surface area contributed by atoms with E-state index in [1.165, 1.54) is 32.0 Å². The van der Waals surface area contributed by atoms with Gasteiger partial charge in [-0.05, 0) is 61.1 Å². The normalized spacial score (nSPS) is 14.0. The van der Waals surface area contributed by atoms with Crippen LogP contribution in [-0.2, 0) is 17.8 Å². The average Bonchev–Trinajstić information content (AvgIpc) is 3.51. The first kappa shape index (κ1) is 27.6. The number of carbonyl (C=O) groups excluding carboxylic acids is 4. The third-order valence-electron chi connectivity index (χ3n) is 7.07. The summed E-state index contributed by atoms with van der Waals surface area (Å²) in [4.78, 5) is 53.7. The topological polar surface area (TPSA) is 135 Å². The zero-order chi connectivity index (χ0) is 29.4. The maximum absolute atomic E-state index is 14.5. The average molecular weight is 561 g/mol. The molecule has 1 aliphatic carbocycles. The Bertz CT molecular complexity index is 1750. The molecule has 3 N–H and O–H groups in total. The van der Waals surface area contributed by atoms with E-state index in [0.717, 1.165) is 33.5 Å². The molecule has 0 radical (unpaired) electrons. The number of anilines is 1. The standard InChI is InChI=1S/C29H26F2N6O4/c1-14-18(15(2)38)5-6-20-19(14)7-9-23(20)36-29(41)26-11-25(35-27-22(31)13-33-37(26)27)28(40)32-12-17-4-8-21(30)24(10-17)34-16(3)39/h4-6,8,10-11,13,23H,7,9,12H2,1-3H3,(H,32,40)(H,34,39)(H,36,41)/t23-/m0/s1. The van der Waals surface area contributed by atoms with Crippen molar-refractivity contribution in [2.45, 2.75) is 46.2 Å². The van der Waals surface area contributed by atoms with Crippen LogP contribution in [0.5, 0.6) is 0 Å². The van der Waals surface area contributed by atoms with Crippen LogP contribution in [0.3, 0.4) is 0 Å². The molecule has 210 valence electrons. The summed E-state index contributed by atoms with van der Waals surface area (Å²) in [7, 11) is 0. The van der Waals surface area contributed by atoms with Crippen LogP contribution in [-0.4, -0.2) is 38.1 Å². The molecule has 2 aromatic carbocycles. The Morgan fingerprint density at radius 3 is 2.54 bits per heavy atom. The Labute approximate surface area is 233 Å². The molecule has 0 fully saturated rings. The number of halogens is 2. The number of rotatable bonds is 7. The van der Waals surface area contributed by atoms with Crippen molar-refractivity contribution >= 4 is 34.8 Å². The maximum Gasteiger partial charge on any atom is 0.270 e. The fourth-order valence-corrected chi connectivity index (χ4v) is 5.10. The van der Waals surface area contributed by atoms with Crippen LogP contribution in [0.15, 0.2) is 42.6 Å². The molecule has 2 heterocycles. The van der Waals surface area contributed by atoms with Crippen molar-refractivity contribution < 1.29 is 28.0 Å². The van der Waals surface area contributed by atoms with E-state index in [9.17, 15) is 28.0 Å². The highest BCUT2D eigenvalue weighted by atomic mass is 19.1. The van der Waals surface area contributed by atoms with E-state index in [-0.39, 0.29) is 41.1 Å². The number of nitrogens with one attached hydrogen (secondary N) is 3. The molecule has 12 heteroatoms. The van der Waals surface area contributed by atoms with Gasteiger partial charge in [0.1, 0.15) is 17.2 Å². The summed E-state index contributed by atoms with van der Waals surface area (Å²) in [5.74, 6) is -3.21. The lowest BCUT2D eigenvalue weighted by Crippen LogP contribution is -2.30. The van der Waals surface area contributed by atoms with Crippen LogP contribution in [0.4, 0.5) is 14.5 Å². The van der Waals surface area contributed by atoms with Gasteiger partial charge in [0.15, 0.2) is 17.2 Å². The van der Waals surface area contributed by atoms with Gasteiger partial charge in [-0.15, -0.1) is 0 Å². The fourth-order valence-electron chi connectivity index (χ4n) is 5.10. The summed E-state index contributed by atoms with van der Waals surface area (Å²) < 4.78 is 29.5. The minimum Gasteiger partial charge on any atom is -0.347 e. The molecular weight excluding hydrogens is 534 g/mol. The smallest absolute Gasteiger partial charge is 0.270 e. The number of aromatic nitrogens is 3. The second-order valence-corrected chi connectivity index (χ2v) is 9.86. The lowest BCUT2D eigenvalue weighted by atomic mass is 9.96. The lowest BCUT2D eigenvalue weighted by molar-refractivity contribution is -0.114. The summed E-state index contributed by atoms with van der Waals surface area (Å²) in [6.45, 7) is 4.59. The molecule has 5 rings (SSSR count). The van der Waals surface area contributed by atoms with Gasteiger partial charge in [0, 0.05) is 25.1 Å². The number of fused-ring (bicyclic) bond motifs is 2. The highest BCUT2D eigenvalue weighted by molar-refractivity contribution is 5.99. The molecule has 0 bridgehead atoms. The zero-order valence-corrected chi connectivity index (χ0v) is 22.5. The molecule has 0 saturated heterocycles. The summed E-state index contributed by atoms with van der Waals surface area (Å²) in [6, 6.07) is 8.42. The first-order valence-electron chi connectivity index (χ1n) is 12.9. The summed E-state index contributed by atoms with van der Waals surface area (Å²) in [6.07, 6.45) is 2.19. The van der Waals surface area contributed by atoms with Crippen molar-refractivity contribution in [3.8, 4) is 0 Å². The monoisotopic (exact) mass is 560 g/mol. The lowest BCUT2D eigenvalue weighted by Gasteiger charge is -2.16. The third kappa shape index (κ3) is 5.40. The zero-order valence-electron chi connectivity index (χ0n) is 22.5. The second kappa shape index (κ2) is 10.9. The molecule has 41 heavy (non-hydrogen) atoms. The number of carbonyl (C=O) groups is 4. The molecule has 1 atom stereocenters. The van der Waals surface area contributed by atoms with E-state index in [2.05, 4.69) is 26.0 Å². The van der Waals surface area contributed by atoms with Crippen LogP contribution >= 0.6 is 0 Å².